The monoisotopic (exact) mass is 255 g/mol. The second kappa shape index (κ2) is 4.62. The molecule has 0 atom stereocenters. The van der Waals surface area contributed by atoms with Gasteiger partial charge in [-0.2, -0.15) is 0 Å². The largest absolute Gasteiger partial charge is 0.421 e. The van der Waals surface area contributed by atoms with Crippen LogP contribution in [0.3, 0.4) is 0 Å². The molecule has 0 saturated heterocycles. The number of thiol groups is 1. The van der Waals surface area contributed by atoms with Gasteiger partial charge in [0, 0.05) is 17.8 Å². The molecule has 88 valence electrons. The lowest BCUT2D eigenvalue weighted by molar-refractivity contribution is 0.429. The Labute approximate surface area is 109 Å². The summed E-state index contributed by atoms with van der Waals surface area (Å²) in [5, 5.41) is 1.50. The van der Waals surface area contributed by atoms with Crippen LogP contribution in [0.5, 0.6) is 11.8 Å². The minimum absolute atomic E-state index is 0.282. The molecule has 0 saturated carbocycles. The molecule has 5 heteroatoms. The zero-order chi connectivity index (χ0) is 12.4. The fraction of sp³-hybridized carbons (Fsp3) is 0. The summed E-state index contributed by atoms with van der Waals surface area (Å²) in [5.41, 5.74) is 0.879. The number of hydrogen-bond donors (Lipinski definition) is 1. The van der Waals surface area contributed by atoms with Crippen molar-refractivity contribution in [3.8, 4) is 11.8 Å². The van der Waals surface area contributed by atoms with Crippen LogP contribution >= 0.6 is 12.6 Å². The quantitative estimate of drug-likeness (QED) is 0.715. The third-order valence-corrected chi connectivity index (χ3v) is 2.73. The summed E-state index contributed by atoms with van der Waals surface area (Å²) in [5.74, 6) is 0.545. The molecular weight excluding hydrogens is 246 g/mol. The van der Waals surface area contributed by atoms with Gasteiger partial charge in [0.2, 0.25) is 0 Å². The molecule has 0 fully saturated rings. The molecule has 0 bridgehead atoms. The van der Waals surface area contributed by atoms with E-state index in [4.69, 9.17) is 4.74 Å². The van der Waals surface area contributed by atoms with E-state index in [-0.39, 0.29) is 6.01 Å². The molecule has 0 N–H and O–H groups in total. The lowest BCUT2D eigenvalue weighted by Gasteiger charge is -2.06. The molecule has 0 radical (unpaired) electrons. The van der Waals surface area contributed by atoms with E-state index < -0.39 is 0 Å². The smallest absolute Gasteiger partial charge is 0.321 e. The number of hydrogen-bond acceptors (Lipinski definition) is 5. The van der Waals surface area contributed by atoms with E-state index in [9.17, 15) is 0 Å². The molecule has 3 rings (SSSR count). The minimum atomic E-state index is 0.282. The number of benzene rings is 1. The van der Waals surface area contributed by atoms with E-state index in [1.807, 2.05) is 30.3 Å². The Morgan fingerprint density at radius 2 is 1.78 bits per heavy atom. The van der Waals surface area contributed by atoms with Crippen molar-refractivity contribution in [1.82, 2.24) is 15.0 Å². The van der Waals surface area contributed by atoms with Crippen molar-refractivity contribution in [2.75, 3.05) is 0 Å². The number of ether oxygens (including phenoxy) is 1. The first-order valence-corrected chi connectivity index (χ1v) is 5.81. The van der Waals surface area contributed by atoms with Crippen LogP contribution in [0, 0.1) is 0 Å². The zero-order valence-corrected chi connectivity index (χ0v) is 10.2. The average molecular weight is 255 g/mol. The number of para-hydroxylation sites is 1. The molecule has 0 aliphatic carbocycles. The Morgan fingerprint density at radius 1 is 1.00 bits per heavy atom. The Bertz CT molecular complexity index is 688. The van der Waals surface area contributed by atoms with E-state index in [1.54, 1.807) is 18.5 Å². The first-order valence-electron chi connectivity index (χ1n) is 5.36. The highest BCUT2D eigenvalue weighted by molar-refractivity contribution is 7.80. The summed E-state index contributed by atoms with van der Waals surface area (Å²) >= 11 is 4.31. The molecule has 4 nitrogen and oxygen atoms in total. The van der Waals surface area contributed by atoms with E-state index in [1.165, 1.54) is 0 Å². The van der Waals surface area contributed by atoms with Gasteiger partial charge in [-0.25, -0.2) is 15.0 Å². The van der Waals surface area contributed by atoms with Gasteiger partial charge < -0.3 is 4.74 Å². The second-order valence-electron chi connectivity index (χ2n) is 3.64. The molecule has 18 heavy (non-hydrogen) atoms. The number of nitrogens with zero attached hydrogens (tertiary/aromatic N) is 3. The molecule has 3 aromatic rings. The van der Waals surface area contributed by atoms with Crippen molar-refractivity contribution in [2.45, 2.75) is 5.03 Å². The number of fused-ring (bicyclic) bond motifs is 1. The van der Waals surface area contributed by atoms with Crippen molar-refractivity contribution in [1.29, 1.82) is 0 Å². The lowest BCUT2D eigenvalue weighted by Crippen LogP contribution is -1.93. The van der Waals surface area contributed by atoms with Gasteiger partial charge in [0.05, 0.1) is 5.52 Å². The van der Waals surface area contributed by atoms with Crippen LogP contribution in [0.1, 0.15) is 0 Å². The fourth-order valence-electron chi connectivity index (χ4n) is 1.60. The molecule has 0 amide bonds. The maximum Gasteiger partial charge on any atom is 0.321 e. The van der Waals surface area contributed by atoms with Gasteiger partial charge in [0.15, 0.2) is 5.75 Å². The normalized spacial score (nSPS) is 10.5. The van der Waals surface area contributed by atoms with E-state index >= 15 is 0 Å². The summed E-state index contributed by atoms with van der Waals surface area (Å²) < 4.78 is 5.56. The molecular formula is C13H9N3OS. The predicted octanol–water partition coefficient (Wildman–Crippen LogP) is 3.11. The highest BCUT2D eigenvalue weighted by Gasteiger charge is 2.07. The standard InChI is InChI=1S/C13H9N3OS/c18-12-11(17-13-14-6-3-7-15-13)8-9-4-1-2-5-10(9)16-12/h1-8H,(H,16,18). The summed E-state index contributed by atoms with van der Waals surface area (Å²) in [4.78, 5) is 12.4. The van der Waals surface area contributed by atoms with Crippen molar-refractivity contribution < 1.29 is 4.74 Å². The Balaban J connectivity index is 2.04. The number of rotatable bonds is 2. The van der Waals surface area contributed by atoms with Crippen LogP contribution in [0.25, 0.3) is 10.9 Å². The topological polar surface area (TPSA) is 47.9 Å². The van der Waals surface area contributed by atoms with Gasteiger partial charge in [-0.15, -0.1) is 12.6 Å². The summed E-state index contributed by atoms with van der Waals surface area (Å²) in [6.45, 7) is 0. The number of aromatic nitrogens is 3. The zero-order valence-electron chi connectivity index (χ0n) is 9.32. The maximum atomic E-state index is 5.56. The van der Waals surface area contributed by atoms with Crippen LogP contribution in [0.2, 0.25) is 0 Å². The minimum Gasteiger partial charge on any atom is -0.421 e. The summed E-state index contributed by atoms with van der Waals surface area (Å²) in [6, 6.07) is 11.7. The summed E-state index contributed by atoms with van der Waals surface area (Å²) in [7, 11) is 0. The average Bonchev–Trinajstić information content (AvgIpc) is 2.41. The van der Waals surface area contributed by atoms with Crippen LogP contribution in [0.15, 0.2) is 53.8 Å². The number of pyridine rings is 1. The third-order valence-electron chi connectivity index (χ3n) is 2.41. The predicted molar refractivity (Wildman–Crippen MR) is 71.1 cm³/mol. The van der Waals surface area contributed by atoms with Crippen LogP contribution in [-0.4, -0.2) is 15.0 Å². The van der Waals surface area contributed by atoms with Crippen molar-refractivity contribution >= 4 is 23.5 Å². The van der Waals surface area contributed by atoms with Crippen LogP contribution in [-0.2, 0) is 0 Å². The first kappa shape index (κ1) is 11.0. The Kier molecular flexibility index (Phi) is 2.82. The van der Waals surface area contributed by atoms with E-state index in [0.717, 1.165) is 10.9 Å². The van der Waals surface area contributed by atoms with Crippen molar-refractivity contribution in [3.05, 3.63) is 48.8 Å². The van der Waals surface area contributed by atoms with E-state index in [2.05, 4.69) is 27.6 Å². The molecule has 2 heterocycles. The van der Waals surface area contributed by atoms with Crippen LogP contribution < -0.4 is 4.74 Å². The molecule has 0 spiro atoms. The first-order chi connectivity index (χ1) is 8.83. The van der Waals surface area contributed by atoms with Crippen molar-refractivity contribution in [3.63, 3.8) is 0 Å². The Hall–Kier alpha value is -2.14. The third kappa shape index (κ3) is 2.12. The Morgan fingerprint density at radius 3 is 2.61 bits per heavy atom. The van der Waals surface area contributed by atoms with Crippen molar-refractivity contribution in [2.24, 2.45) is 0 Å². The SMILES string of the molecule is Sc1nc2ccccc2cc1Oc1ncccn1. The van der Waals surface area contributed by atoms with Gasteiger partial charge >= 0.3 is 6.01 Å². The van der Waals surface area contributed by atoms with Gasteiger partial charge in [0.25, 0.3) is 0 Å². The molecule has 0 unspecified atom stereocenters. The highest BCUT2D eigenvalue weighted by Crippen LogP contribution is 2.28. The maximum absolute atomic E-state index is 5.56. The van der Waals surface area contributed by atoms with Gasteiger partial charge in [-0.1, -0.05) is 18.2 Å². The van der Waals surface area contributed by atoms with Gasteiger partial charge in [0.1, 0.15) is 5.03 Å². The highest BCUT2D eigenvalue weighted by atomic mass is 32.1. The van der Waals surface area contributed by atoms with Gasteiger partial charge in [-0.3, -0.25) is 0 Å². The molecule has 2 aromatic heterocycles. The molecule has 0 aliphatic rings. The second-order valence-corrected chi connectivity index (χ2v) is 4.06. The lowest BCUT2D eigenvalue weighted by atomic mass is 10.2. The van der Waals surface area contributed by atoms with Crippen LogP contribution in [0.4, 0.5) is 0 Å². The summed E-state index contributed by atoms with van der Waals surface area (Å²) in [6.07, 6.45) is 3.24. The molecule has 0 aliphatic heterocycles. The fourth-order valence-corrected chi connectivity index (χ4v) is 1.82. The van der Waals surface area contributed by atoms with Gasteiger partial charge in [-0.05, 0) is 18.2 Å². The van der Waals surface area contributed by atoms with E-state index in [0.29, 0.717) is 10.8 Å². The molecule has 1 aromatic carbocycles.